The van der Waals surface area contributed by atoms with Crippen LogP contribution in [-0.2, 0) is 5.54 Å². The van der Waals surface area contributed by atoms with Crippen LogP contribution in [0.3, 0.4) is 0 Å². The van der Waals surface area contributed by atoms with E-state index in [1.54, 1.807) is 12.4 Å². The molecule has 2 aromatic rings. The normalized spacial score (nSPS) is 11.0. The molecule has 2 heterocycles. The molecule has 0 saturated heterocycles. The van der Waals surface area contributed by atoms with Gasteiger partial charge in [-0.1, -0.05) is 0 Å². The second-order valence-corrected chi connectivity index (χ2v) is 6.09. The van der Waals surface area contributed by atoms with E-state index < -0.39 is 5.54 Å². The molecular formula is C13H18N6OS. The van der Waals surface area contributed by atoms with E-state index in [0.717, 1.165) is 5.01 Å². The molecule has 0 aromatic carbocycles. The minimum atomic E-state index is -0.549. The van der Waals surface area contributed by atoms with E-state index in [9.17, 15) is 4.79 Å². The summed E-state index contributed by atoms with van der Waals surface area (Å²) in [5.41, 5.74) is 0.00143. The first-order chi connectivity index (χ1) is 9.90. The number of rotatable bonds is 4. The van der Waals surface area contributed by atoms with E-state index >= 15 is 0 Å². The quantitative estimate of drug-likeness (QED) is 0.903. The summed E-state index contributed by atoms with van der Waals surface area (Å²) in [7, 11) is 3.70. The van der Waals surface area contributed by atoms with Crippen LogP contribution in [0.1, 0.15) is 18.9 Å². The predicted molar refractivity (Wildman–Crippen MR) is 83.7 cm³/mol. The van der Waals surface area contributed by atoms with Crippen molar-refractivity contribution in [2.24, 2.45) is 0 Å². The standard InChI is InChI=1S/C13H18N6OS/c1-13(2,11-15-5-6-21-11)18-12(20)17-9-7-14-8-16-10(9)19(3)4/h5-8H,1-4H3,(H2,17,18,20). The van der Waals surface area contributed by atoms with Crippen LogP contribution >= 0.6 is 11.3 Å². The minimum Gasteiger partial charge on any atom is -0.361 e. The molecule has 8 heteroatoms. The zero-order valence-corrected chi connectivity index (χ0v) is 13.2. The number of carbonyl (C=O) groups is 1. The lowest BCUT2D eigenvalue weighted by Crippen LogP contribution is -2.43. The van der Waals surface area contributed by atoms with Crippen molar-refractivity contribution in [1.29, 1.82) is 0 Å². The third-order valence-electron chi connectivity index (χ3n) is 2.76. The third-order valence-corrected chi connectivity index (χ3v) is 3.85. The fraction of sp³-hybridized carbons (Fsp3) is 0.385. The number of nitrogens with one attached hydrogen (secondary N) is 2. The molecule has 21 heavy (non-hydrogen) atoms. The summed E-state index contributed by atoms with van der Waals surface area (Å²) in [5.74, 6) is 0.646. The van der Waals surface area contributed by atoms with Gasteiger partial charge >= 0.3 is 6.03 Å². The first-order valence-corrected chi connectivity index (χ1v) is 7.24. The van der Waals surface area contributed by atoms with E-state index in [2.05, 4.69) is 25.6 Å². The Balaban J connectivity index is 2.09. The van der Waals surface area contributed by atoms with Crippen LogP contribution in [0.4, 0.5) is 16.3 Å². The molecule has 0 unspecified atom stereocenters. The number of carbonyl (C=O) groups excluding carboxylic acids is 1. The van der Waals surface area contributed by atoms with Gasteiger partial charge in [-0.05, 0) is 13.8 Å². The van der Waals surface area contributed by atoms with E-state index in [0.29, 0.717) is 11.5 Å². The molecule has 0 bridgehead atoms. The zero-order valence-electron chi connectivity index (χ0n) is 12.4. The van der Waals surface area contributed by atoms with Crippen molar-refractivity contribution in [2.45, 2.75) is 19.4 Å². The molecule has 2 N–H and O–H groups in total. The summed E-state index contributed by atoms with van der Waals surface area (Å²) >= 11 is 1.50. The molecule has 2 aromatic heterocycles. The van der Waals surface area contributed by atoms with Crippen LogP contribution < -0.4 is 15.5 Å². The Labute approximate surface area is 127 Å². The van der Waals surface area contributed by atoms with Crippen molar-refractivity contribution in [3.8, 4) is 0 Å². The van der Waals surface area contributed by atoms with Crippen LogP contribution in [0.15, 0.2) is 24.1 Å². The van der Waals surface area contributed by atoms with E-state index in [4.69, 9.17) is 0 Å². The highest BCUT2D eigenvalue weighted by molar-refractivity contribution is 7.09. The molecule has 0 saturated carbocycles. The summed E-state index contributed by atoms with van der Waals surface area (Å²) in [6.07, 6.45) is 4.73. The summed E-state index contributed by atoms with van der Waals surface area (Å²) in [4.78, 5) is 26.3. The van der Waals surface area contributed by atoms with Crippen LogP contribution in [-0.4, -0.2) is 35.1 Å². The second kappa shape index (κ2) is 6.04. The Kier molecular flexibility index (Phi) is 4.37. The summed E-state index contributed by atoms with van der Waals surface area (Å²) in [6.45, 7) is 3.81. The van der Waals surface area contributed by atoms with E-state index in [1.807, 2.05) is 38.2 Å². The van der Waals surface area contributed by atoms with Crippen LogP contribution in [0.2, 0.25) is 0 Å². The van der Waals surface area contributed by atoms with E-state index in [-0.39, 0.29) is 6.03 Å². The van der Waals surface area contributed by atoms with Crippen molar-refractivity contribution in [3.05, 3.63) is 29.1 Å². The first-order valence-electron chi connectivity index (χ1n) is 6.36. The highest BCUT2D eigenvalue weighted by Gasteiger charge is 2.25. The average molecular weight is 306 g/mol. The predicted octanol–water partition coefficient (Wildman–Crippen LogP) is 2.06. The van der Waals surface area contributed by atoms with Gasteiger partial charge in [0.15, 0.2) is 5.82 Å². The number of hydrogen-bond acceptors (Lipinski definition) is 6. The van der Waals surface area contributed by atoms with Crippen LogP contribution in [0.5, 0.6) is 0 Å². The van der Waals surface area contributed by atoms with Crippen LogP contribution in [0, 0.1) is 0 Å². The number of hydrogen-bond donors (Lipinski definition) is 2. The van der Waals surface area contributed by atoms with Crippen molar-refractivity contribution in [2.75, 3.05) is 24.3 Å². The van der Waals surface area contributed by atoms with Gasteiger partial charge in [-0.2, -0.15) is 0 Å². The van der Waals surface area contributed by atoms with Gasteiger partial charge in [-0.15, -0.1) is 11.3 Å². The summed E-state index contributed by atoms with van der Waals surface area (Å²) in [6, 6.07) is -0.326. The zero-order chi connectivity index (χ0) is 15.5. The van der Waals surface area contributed by atoms with Crippen molar-refractivity contribution in [1.82, 2.24) is 20.3 Å². The molecule has 112 valence electrons. The molecular weight excluding hydrogens is 288 g/mol. The lowest BCUT2D eigenvalue weighted by Gasteiger charge is -2.24. The van der Waals surface area contributed by atoms with Gasteiger partial charge in [0.05, 0.1) is 11.7 Å². The van der Waals surface area contributed by atoms with Crippen molar-refractivity contribution in [3.63, 3.8) is 0 Å². The Bertz CT molecular complexity index is 611. The smallest absolute Gasteiger partial charge is 0.320 e. The lowest BCUT2D eigenvalue weighted by molar-refractivity contribution is 0.242. The Morgan fingerprint density at radius 2 is 2.10 bits per heavy atom. The average Bonchev–Trinajstić information content (AvgIpc) is 2.92. The highest BCUT2D eigenvalue weighted by atomic mass is 32.1. The fourth-order valence-electron chi connectivity index (χ4n) is 1.79. The summed E-state index contributed by atoms with van der Waals surface area (Å²) < 4.78 is 0. The van der Waals surface area contributed by atoms with Crippen molar-refractivity contribution >= 4 is 28.9 Å². The molecule has 0 aliphatic rings. The maximum atomic E-state index is 12.2. The minimum absolute atomic E-state index is 0.326. The molecule has 7 nitrogen and oxygen atoms in total. The fourth-order valence-corrected chi connectivity index (χ4v) is 2.51. The Morgan fingerprint density at radius 1 is 1.33 bits per heavy atom. The number of urea groups is 1. The molecule has 0 atom stereocenters. The molecule has 2 rings (SSSR count). The number of aromatic nitrogens is 3. The Morgan fingerprint density at radius 3 is 2.71 bits per heavy atom. The maximum absolute atomic E-state index is 12.2. The molecule has 2 amide bonds. The third kappa shape index (κ3) is 3.66. The van der Waals surface area contributed by atoms with E-state index in [1.165, 1.54) is 17.7 Å². The highest BCUT2D eigenvalue weighted by Crippen LogP contribution is 2.23. The largest absolute Gasteiger partial charge is 0.361 e. The van der Waals surface area contributed by atoms with Gasteiger partial charge in [0, 0.05) is 25.7 Å². The molecule has 0 spiro atoms. The number of amides is 2. The molecule has 0 radical (unpaired) electrons. The number of anilines is 2. The van der Waals surface area contributed by atoms with Gasteiger partial charge in [0.2, 0.25) is 0 Å². The van der Waals surface area contributed by atoms with Gasteiger partial charge in [-0.3, -0.25) is 0 Å². The second-order valence-electron chi connectivity index (χ2n) is 5.20. The molecule has 0 aliphatic heterocycles. The lowest BCUT2D eigenvalue weighted by atomic mass is 10.1. The van der Waals surface area contributed by atoms with Gasteiger partial charge < -0.3 is 15.5 Å². The Hall–Kier alpha value is -2.22. The van der Waals surface area contributed by atoms with Crippen LogP contribution in [0.25, 0.3) is 0 Å². The molecule has 0 fully saturated rings. The van der Waals surface area contributed by atoms with Crippen molar-refractivity contribution < 1.29 is 4.79 Å². The number of nitrogens with zero attached hydrogens (tertiary/aromatic N) is 4. The monoisotopic (exact) mass is 306 g/mol. The topological polar surface area (TPSA) is 83.0 Å². The van der Waals surface area contributed by atoms with Gasteiger partial charge in [0.25, 0.3) is 0 Å². The maximum Gasteiger partial charge on any atom is 0.320 e. The first kappa shape index (κ1) is 15.2. The SMILES string of the molecule is CN(C)c1ncncc1NC(=O)NC(C)(C)c1nccs1. The number of thiazole rings is 1. The molecule has 0 aliphatic carbocycles. The van der Waals surface area contributed by atoms with Gasteiger partial charge in [0.1, 0.15) is 17.0 Å². The summed E-state index contributed by atoms with van der Waals surface area (Å²) in [5, 5.41) is 8.39. The van der Waals surface area contributed by atoms with Gasteiger partial charge in [-0.25, -0.2) is 19.7 Å².